The van der Waals surface area contributed by atoms with Crippen molar-refractivity contribution in [2.24, 2.45) is 0 Å². The van der Waals surface area contributed by atoms with Crippen molar-refractivity contribution in [3.8, 4) is 6.07 Å². The second-order valence-electron chi connectivity index (χ2n) is 2.00. The van der Waals surface area contributed by atoms with Crippen molar-refractivity contribution < 1.29 is 5.11 Å². The van der Waals surface area contributed by atoms with E-state index in [1.807, 2.05) is 18.4 Å². The highest BCUT2D eigenvalue weighted by molar-refractivity contribution is 7.10. The second kappa shape index (κ2) is 2.82. The fourth-order valence-corrected chi connectivity index (χ4v) is 1.58. The molecule has 1 rings (SSSR count). The lowest BCUT2D eigenvalue weighted by atomic mass is 10.2. The van der Waals surface area contributed by atoms with E-state index in [0.717, 1.165) is 10.4 Å². The summed E-state index contributed by atoms with van der Waals surface area (Å²) in [5.74, 6) is 0. The van der Waals surface area contributed by atoms with Gasteiger partial charge in [0.1, 0.15) is 0 Å². The first-order valence-electron chi connectivity index (χ1n) is 2.87. The Balaban J connectivity index is 2.96. The Morgan fingerprint density at radius 2 is 2.50 bits per heavy atom. The van der Waals surface area contributed by atoms with E-state index in [9.17, 15) is 0 Å². The molecule has 52 valence electrons. The van der Waals surface area contributed by atoms with Crippen LogP contribution in [-0.2, 0) is 0 Å². The lowest BCUT2D eigenvalue weighted by Crippen LogP contribution is -1.90. The molecule has 1 aromatic rings. The molecule has 0 saturated heterocycles. The van der Waals surface area contributed by atoms with Gasteiger partial charge in [-0.3, -0.25) is 0 Å². The molecular weight excluding hydrogens is 146 g/mol. The fourth-order valence-electron chi connectivity index (χ4n) is 0.723. The predicted octanol–water partition coefficient (Wildman–Crippen LogP) is 1.61. The smallest absolute Gasteiger partial charge is 0.175 e. The summed E-state index contributed by atoms with van der Waals surface area (Å²) in [6.07, 6.45) is -0.944. The first kappa shape index (κ1) is 7.26. The molecule has 0 aliphatic carbocycles. The summed E-state index contributed by atoms with van der Waals surface area (Å²) in [7, 11) is 0. The molecule has 10 heavy (non-hydrogen) atoms. The van der Waals surface area contributed by atoms with E-state index in [1.165, 1.54) is 11.3 Å². The molecule has 3 heteroatoms. The largest absolute Gasteiger partial charge is 0.373 e. The minimum absolute atomic E-state index is 0.752. The average Bonchev–Trinajstić information content (AvgIpc) is 2.34. The molecule has 0 amide bonds. The van der Waals surface area contributed by atoms with Crippen LogP contribution in [0.3, 0.4) is 0 Å². The van der Waals surface area contributed by atoms with E-state index in [1.54, 1.807) is 6.07 Å². The van der Waals surface area contributed by atoms with Crippen molar-refractivity contribution in [3.05, 3.63) is 21.9 Å². The van der Waals surface area contributed by atoms with Crippen LogP contribution < -0.4 is 0 Å². The standard InChI is InChI=1S/C7H7NOS/c1-5-2-3-10-7(5)6(9)4-8/h2-3,6,9H,1H3. The Morgan fingerprint density at radius 3 is 2.90 bits per heavy atom. The van der Waals surface area contributed by atoms with Crippen LogP contribution in [0.4, 0.5) is 0 Å². The molecule has 0 saturated carbocycles. The topological polar surface area (TPSA) is 44.0 Å². The molecule has 1 heterocycles. The van der Waals surface area contributed by atoms with Crippen LogP contribution in [0.25, 0.3) is 0 Å². The third kappa shape index (κ3) is 1.18. The summed E-state index contributed by atoms with van der Waals surface area (Å²) in [6.45, 7) is 1.88. The molecule has 0 aliphatic heterocycles. The van der Waals surface area contributed by atoms with Gasteiger partial charge in [0.05, 0.1) is 10.9 Å². The summed E-state index contributed by atoms with van der Waals surface area (Å²) in [4.78, 5) is 0.752. The van der Waals surface area contributed by atoms with Crippen LogP contribution >= 0.6 is 11.3 Å². The van der Waals surface area contributed by atoms with Crippen LogP contribution in [-0.4, -0.2) is 5.11 Å². The summed E-state index contributed by atoms with van der Waals surface area (Å²) in [5.41, 5.74) is 0.985. The van der Waals surface area contributed by atoms with Crippen molar-refractivity contribution in [2.75, 3.05) is 0 Å². The van der Waals surface area contributed by atoms with Crippen LogP contribution in [0.1, 0.15) is 16.5 Å². The summed E-state index contributed by atoms with van der Waals surface area (Å²) >= 11 is 1.41. The van der Waals surface area contributed by atoms with Gasteiger partial charge in [-0.05, 0) is 23.9 Å². The normalized spacial score (nSPS) is 12.5. The van der Waals surface area contributed by atoms with E-state index >= 15 is 0 Å². The minimum Gasteiger partial charge on any atom is -0.373 e. The highest BCUT2D eigenvalue weighted by Crippen LogP contribution is 2.22. The summed E-state index contributed by atoms with van der Waals surface area (Å²) in [5, 5.41) is 19.3. The van der Waals surface area contributed by atoms with E-state index in [2.05, 4.69) is 0 Å². The Bertz CT molecular complexity index is 261. The number of hydrogen-bond donors (Lipinski definition) is 1. The molecule has 2 nitrogen and oxygen atoms in total. The molecule has 0 spiro atoms. The number of aryl methyl sites for hydroxylation is 1. The molecular formula is C7H7NOS. The van der Waals surface area contributed by atoms with Gasteiger partial charge in [-0.25, -0.2) is 0 Å². The molecule has 1 unspecified atom stereocenters. The number of aliphatic hydroxyl groups is 1. The molecule has 0 aliphatic rings. The van der Waals surface area contributed by atoms with E-state index in [4.69, 9.17) is 10.4 Å². The van der Waals surface area contributed by atoms with Gasteiger partial charge >= 0.3 is 0 Å². The maximum absolute atomic E-state index is 9.05. The zero-order valence-electron chi connectivity index (χ0n) is 5.53. The highest BCUT2D eigenvalue weighted by atomic mass is 32.1. The first-order chi connectivity index (χ1) is 4.75. The van der Waals surface area contributed by atoms with Gasteiger partial charge < -0.3 is 5.11 Å². The van der Waals surface area contributed by atoms with Crippen LogP contribution in [0, 0.1) is 18.3 Å². The Hall–Kier alpha value is -0.850. The molecule has 0 bridgehead atoms. The quantitative estimate of drug-likeness (QED) is 0.623. The maximum Gasteiger partial charge on any atom is 0.175 e. The Kier molecular flexibility index (Phi) is 2.05. The van der Waals surface area contributed by atoms with E-state index < -0.39 is 6.10 Å². The Labute approximate surface area is 63.4 Å². The number of hydrogen-bond acceptors (Lipinski definition) is 3. The molecule has 0 aromatic carbocycles. The van der Waals surface area contributed by atoms with Crippen molar-refractivity contribution in [1.29, 1.82) is 5.26 Å². The molecule has 1 N–H and O–H groups in total. The fraction of sp³-hybridized carbons (Fsp3) is 0.286. The van der Waals surface area contributed by atoms with Crippen molar-refractivity contribution in [2.45, 2.75) is 13.0 Å². The average molecular weight is 153 g/mol. The zero-order valence-corrected chi connectivity index (χ0v) is 6.35. The van der Waals surface area contributed by atoms with Gasteiger partial charge in [0, 0.05) is 0 Å². The zero-order chi connectivity index (χ0) is 7.56. The number of thiophene rings is 1. The lowest BCUT2D eigenvalue weighted by molar-refractivity contribution is 0.239. The molecule has 1 atom stereocenters. The van der Waals surface area contributed by atoms with Gasteiger partial charge in [0.15, 0.2) is 6.10 Å². The first-order valence-corrected chi connectivity index (χ1v) is 3.75. The number of aliphatic hydroxyl groups excluding tert-OH is 1. The van der Waals surface area contributed by atoms with Gasteiger partial charge in [-0.15, -0.1) is 11.3 Å². The summed E-state index contributed by atoms with van der Waals surface area (Å²) < 4.78 is 0. The monoisotopic (exact) mass is 153 g/mol. The van der Waals surface area contributed by atoms with E-state index in [0.29, 0.717) is 0 Å². The van der Waals surface area contributed by atoms with Gasteiger partial charge in [0.25, 0.3) is 0 Å². The third-order valence-corrected chi connectivity index (χ3v) is 2.34. The van der Waals surface area contributed by atoms with Crippen molar-refractivity contribution in [3.63, 3.8) is 0 Å². The van der Waals surface area contributed by atoms with Crippen LogP contribution in [0.5, 0.6) is 0 Å². The molecule has 1 aromatic heterocycles. The minimum atomic E-state index is -0.944. The number of nitriles is 1. The maximum atomic E-state index is 9.05. The number of nitrogens with zero attached hydrogens (tertiary/aromatic N) is 1. The van der Waals surface area contributed by atoms with Gasteiger partial charge in [-0.1, -0.05) is 0 Å². The number of rotatable bonds is 1. The lowest BCUT2D eigenvalue weighted by Gasteiger charge is -1.97. The van der Waals surface area contributed by atoms with Gasteiger partial charge in [-0.2, -0.15) is 5.26 Å². The van der Waals surface area contributed by atoms with Crippen molar-refractivity contribution >= 4 is 11.3 Å². The highest BCUT2D eigenvalue weighted by Gasteiger charge is 2.08. The molecule has 0 fully saturated rings. The van der Waals surface area contributed by atoms with Gasteiger partial charge in [0.2, 0.25) is 0 Å². The van der Waals surface area contributed by atoms with Crippen molar-refractivity contribution in [1.82, 2.24) is 0 Å². The Morgan fingerprint density at radius 1 is 1.80 bits per heavy atom. The summed E-state index contributed by atoms with van der Waals surface area (Å²) in [6, 6.07) is 3.66. The van der Waals surface area contributed by atoms with Crippen LogP contribution in [0.15, 0.2) is 11.4 Å². The van der Waals surface area contributed by atoms with E-state index in [-0.39, 0.29) is 0 Å². The molecule has 0 radical (unpaired) electrons. The SMILES string of the molecule is Cc1ccsc1C(O)C#N. The third-order valence-electron chi connectivity index (χ3n) is 1.27. The second-order valence-corrected chi connectivity index (χ2v) is 2.95. The predicted molar refractivity (Wildman–Crippen MR) is 39.6 cm³/mol. The van der Waals surface area contributed by atoms with Crippen LogP contribution in [0.2, 0.25) is 0 Å².